The molecule has 0 aromatic heterocycles. The Bertz CT molecular complexity index is 198. The molecule has 0 radical (unpaired) electrons. The molecule has 0 aliphatic carbocycles. The molecule has 0 bridgehead atoms. The van der Waals surface area contributed by atoms with Crippen LogP contribution in [0.25, 0.3) is 0 Å². The molecule has 0 N–H and O–H groups in total. The van der Waals surface area contributed by atoms with Gasteiger partial charge in [0.2, 0.25) is 5.78 Å². The van der Waals surface area contributed by atoms with Crippen LogP contribution in [0.3, 0.4) is 0 Å². The van der Waals surface area contributed by atoms with Crippen LogP contribution in [-0.2, 0) is 14.3 Å². The van der Waals surface area contributed by atoms with Gasteiger partial charge in [0, 0.05) is 13.5 Å². The number of hydrogen-bond acceptors (Lipinski definition) is 3. The number of methoxy groups -OCH3 is 1. The lowest BCUT2D eigenvalue weighted by Gasteiger charge is -2.03. The molecule has 0 unspecified atom stereocenters. The Kier molecular flexibility index (Phi) is 4.61. The van der Waals surface area contributed by atoms with E-state index in [2.05, 4.69) is 4.74 Å². The molecular weight excluding hydrogens is 189 g/mol. The van der Waals surface area contributed by atoms with Gasteiger partial charge in [0.1, 0.15) is 5.78 Å². The summed E-state index contributed by atoms with van der Waals surface area (Å²) in [5, 5.41) is 0. The van der Waals surface area contributed by atoms with E-state index in [1.807, 2.05) is 0 Å². The summed E-state index contributed by atoms with van der Waals surface area (Å²) in [6.07, 6.45) is -6.17. The first-order valence-corrected chi connectivity index (χ1v) is 3.48. The zero-order valence-corrected chi connectivity index (χ0v) is 6.98. The highest BCUT2D eigenvalue weighted by molar-refractivity contribution is 6.01. The van der Waals surface area contributed by atoms with Crippen LogP contribution in [-0.4, -0.2) is 31.5 Å². The number of Topliss-reactive ketones (excluding diaryl/α,β-unsaturated/α-hetero) is 2. The molecule has 3 nitrogen and oxygen atoms in total. The fourth-order valence-corrected chi connectivity index (χ4v) is 0.584. The van der Waals surface area contributed by atoms with Gasteiger partial charge in [0.15, 0.2) is 0 Å². The van der Waals surface area contributed by atoms with Crippen LogP contribution in [0.5, 0.6) is 0 Å². The SMILES string of the molecule is COCCC(=O)CC(=O)C(F)(F)F. The van der Waals surface area contributed by atoms with Gasteiger partial charge in [-0.2, -0.15) is 13.2 Å². The minimum atomic E-state index is -4.91. The second kappa shape index (κ2) is 4.96. The Balaban J connectivity index is 3.86. The molecule has 0 heterocycles. The van der Waals surface area contributed by atoms with E-state index in [9.17, 15) is 22.8 Å². The molecule has 0 saturated heterocycles. The Morgan fingerprint density at radius 3 is 2.23 bits per heavy atom. The molecule has 0 amide bonds. The fourth-order valence-electron chi connectivity index (χ4n) is 0.584. The minimum Gasteiger partial charge on any atom is -0.384 e. The number of ketones is 2. The molecule has 0 atom stereocenters. The van der Waals surface area contributed by atoms with E-state index in [4.69, 9.17) is 0 Å². The largest absolute Gasteiger partial charge is 0.450 e. The summed E-state index contributed by atoms with van der Waals surface area (Å²) in [6.45, 7) is 0.0317. The van der Waals surface area contributed by atoms with Crippen molar-refractivity contribution in [2.45, 2.75) is 19.0 Å². The Morgan fingerprint density at radius 1 is 1.31 bits per heavy atom. The van der Waals surface area contributed by atoms with Crippen molar-refractivity contribution in [2.24, 2.45) is 0 Å². The molecule has 0 fully saturated rings. The summed E-state index contributed by atoms with van der Waals surface area (Å²) in [5.74, 6) is -2.77. The molecule has 0 aromatic rings. The highest BCUT2D eigenvalue weighted by Crippen LogP contribution is 2.18. The number of alkyl halides is 3. The molecule has 76 valence electrons. The van der Waals surface area contributed by atoms with Crippen molar-refractivity contribution in [3.05, 3.63) is 0 Å². The summed E-state index contributed by atoms with van der Waals surface area (Å²) < 4.78 is 39.3. The van der Waals surface area contributed by atoms with Crippen molar-refractivity contribution in [1.29, 1.82) is 0 Å². The van der Waals surface area contributed by atoms with Gasteiger partial charge in [0.05, 0.1) is 13.0 Å². The van der Waals surface area contributed by atoms with Crippen molar-refractivity contribution >= 4 is 11.6 Å². The van der Waals surface area contributed by atoms with E-state index in [-0.39, 0.29) is 13.0 Å². The lowest BCUT2D eigenvalue weighted by molar-refractivity contribution is -0.171. The molecular formula is C7H9F3O3. The predicted octanol–water partition coefficient (Wildman–Crippen LogP) is 1.11. The fraction of sp³-hybridized carbons (Fsp3) is 0.714. The molecule has 0 saturated carbocycles. The van der Waals surface area contributed by atoms with E-state index in [1.54, 1.807) is 0 Å². The van der Waals surface area contributed by atoms with Gasteiger partial charge in [0.25, 0.3) is 0 Å². The minimum absolute atomic E-state index is 0.0317. The maximum Gasteiger partial charge on any atom is 0.450 e. The zero-order valence-electron chi connectivity index (χ0n) is 6.98. The maximum absolute atomic E-state index is 11.6. The average Bonchev–Trinajstić information content (AvgIpc) is 1.99. The second-order valence-electron chi connectivity index (χ2n) is 2.38. The van der Waals surface area contributed by atoms with E-state index in [0.717, 1.165) is 0 Å². The summed E-state index contributed by atoms with van der Waals surface area (Å²) in [4.78, 5) is 20.9. The summed E-state index contributed by atoms with van der Waals surface area (Å²) in [7, 11) is 1.32. The topological polar surface area (TPSA) is 43.4 Å². The van der Waals surface area contributed by atoms with Crippen LogP contribution in [0.1, 0.15) is 12.8 Å². The van der Waals surface area contributed by atoms with E-state index < -0.39 is 24.2 Å². The van der Waals surface area contributed by atoms with Crippen LogP contribution >= 0.6 is 0 Å². The Labute approximate surface area is 72.9 Å². The van der Waals surface area contributed by atoms with Crippen LogP contribution in [0.4, 0.5) is 13.2 Å². The number of halogens is 3. The monoisotopic (exact) mass is 198 g/mol. The van der Waals surface area contributed by atoms with Crippen LogP contribution in [0, 0.1) is 0 Å². The number of ether oxygens (including phenoxy) is 1. The summed E-state index contributed by atoms with van der Waals surface area (Å²) in [6, 6.07) is 0. The lowest BCUT2D eigenvalue weighted by Crippen LogP contribution is -2.25. The number of rotatable bonds is 5. The quantitative estimate of drug-likeness (QED) is 0.621. The van der Waals surface area contributed by atoms with Crippen molar-refractivity contribution in [3.8, 4) is 0 Å². The molecule has 6 heteroatoms. The molecule has 0 spiro atoms. The van der Waals surface area contributed by atoms with Gasteiger partial charge in [-0.05, 0) is 0 Å². The maximum atomic E-state index is 11.6. The normalized spacial score (nSPS) is 11.4. The van der Waals surface area contributed by atoms with Gasteiger partial charge in [-0.1, -0.05) is 0 Å². The summed E-state index contributed by atoms with van der Waals surface area (Å²) >= 11 is 0. The number of carbonyl (C=O) groups excluding carboxylic acids is 2. The third kappa shape index (κ3) is 5.35. The zero-order chi connectivity index (χ0) is 10.5. The molecule has 0 aliphatic rings. The number of hydrogen-bond donors (Lipinski definition) is 0. The lowest BCUT2D eigenvalue weighted by atomic mass is 10.1. The van der Waals surface area contributed by atoms with Gasteiger partial charge < -0.3 is 4.74 Å². The molecule has 0 aliphatic heterocycles. The first-order valence-electron chi connectivity index (χ1n) is 3.48. The Hall–Kier alpha value is -0.910. The third-order valence-electron chi connectivity index (χ3n) is 1.26. The standard InChI is InChI=1S/C7H9F3O3/c1-13-3-2-5(11)4-6(12)7(8,9)10/h2-4H2,1H3. The smallest absolute Gasteiger partial charge is 0.384 e. The predicted molar refractivity (Wildman–Crippen MR) is 37.2 cm³/mol. The number of carbonyl (C=O) groups is 2. The highest BCUT2D eigenvalue weighted by Gasteiger charge is 2.38. The van der Waals surface area contributed by atoms with E-state index in [1.165, 1.54) is 7.11 Å². The van der Waals surface area contributed by atoms with Gasteiger partial charge in [-0.15, -0.1) is 0 Å². The van der Waals surface area contributed by atoms with Crippen molar-refractivity contribution in [2.75, 3.05) is 13.7 Å². The Morgan fingerprint density at radius 2 is 1.85 bits per heavy atom. The summed E-state index contributed by atoms with van der Waals surface area (Å²) in [5.41, 5.74) is 0. The highest BCUT2D eigenvalue weighted by atomic mass is 19.4. The average molecular weight is 198 g/mol. The second-order valence-corrected chi connectivity index (χ2v) is 2.38. The van der Waals surface area contributed by atoms with Crippen molar-refractivity contribution in [3.63, 3.8) is 0 Å². The van der Waals surface area contributed by atoms with Gasteiger partial charge in [-0.3, -0.25) is 9.59 Å². The third-order valence-corrected chi connectivity index (χ3v) is 1.26. The van der Waals surface area contributed by atoms with Gasteiger partial charge >= 0.3 is 6.18 Å². The van der Waals surface area contributed by atoms with Crippen LogP contribution in [0.15, 0.2) is 0 Å². The molecule has 13 heavy (non-hydrogen) atoms. The van der Waals surface area contributed by atoms with Gasteiger partial charge in [-0.25, -0.2) is 0 Å². The van der Waals surface area contributed by atoms with Crippen LogP contribution in [0.2, 0.25) is 0 Å². The molecule has 0 aromatic carbocycles. The van der Waals surface area contributed by atoms with E-state index in [0.29, 0.717) is 0 Å². The first kappa shape index (κ1) is 12.1. The van der Waals surface area contributed by atoms with Crippen molar-refractivity contribution in [1.82, 2.24) is 0 Å². The first-order chi connectivity index (χ1) is 5.88. The molecule has 0 rings (SSSR count). The van der Waals surface area contributed by atoms with E-state index >= 15 is 0 Å². The van der Waals surface area contributed by atoms with Crippen LogP contribution < -0.4 is 0 Å². The van der Waals surface area contributed by atoms with Crippen molar-refractivity contribution < 1.29 is 27.5 Å².